The number of carbonyl (C=O) groups excluding carboxylic acids is 1. The Balaban J connectivity index is 1.61. The van der Waals surface area contributed by atoms with Crippen molar-refractivity contribution >= 4 is 17.2 Å². The number of aryl methyl sites for hydroxylation is 1. The molecule has 2 heterocycles. The number of nitrogens with one attached hydrogen (secondary N) is 1. The van der Waals surface area contributed by atoms with Crippen molar-refractivity contribution in [3.05, 3.63) is 51.2 Å². The summed E-state index contributed by atoms with van der Waals surface area (Å²) in [6.07, 6.45) is 2.74. The van der Waals surface area contributed by atoms with E-state index < -0.39 is 0 Å². The van der Waals surface area contributed by atoms with Crippen molar-refractivity contribution in [1.29, 1.82) is 0 Å². The molecule has 1 fully saturated rings. The lowest BCUT2D eigenvalue weighted by atomic mass is 9.96. The highest BCUT2D eigenvalue weighted by Crippen LogP contribution is 2.25. The zero-order chi connectivity index (χ0) is 18.5. The number of halogens is 1. The van der Waals surface area contributed by atoms with Crippen LogP contribution in [-0.2, 0) is 6.42 Å². The van der Waals surface area contributed by atoms with Crippen LogP contribution >= 0.6 is 11.3 Å². The van der Waals surface area contributed by atoms with Crippen molar-refractivity contribution in [2.24, 2.45) is 5.92 Å². The molecule has 0 atom stereocenters. The van der Waals surface area contributed by atoms with E-state index in [0.29, 0.717) is 12.3 Å². The number of amides is 1. The van der Waals surface area contributed by atoms with Gasteiger partial charge in [0.1, 0.15) is 10.7 Å². The molecule has 1 saturated heterocycles. The highest BCUT2D eigenvalue weighted by molar-refractivity contribution is 7.13. The molecule has 0 radical (unpaired) electrons. The third-order valence-corrected chi connectivity index (χ3v) is 6.03. The molecule has 140 valence electrons. The summed E-state index contributed by atoms with van der Waals surface area (Å²) in [6.45, 7) is 7.69. The summed E-state index contributed by atoms with van der Waals surface area (Å²) in [6, 6.07) is 6.45. The van der Waals surface area contributed by atoms with Crippen LogP contribution in [0.5, 0.6) is 0 Å². The van der Waals surface area contributed by atoms with E-state index in [-0.39, 0.29) is 11.7 Å². The molecule has 4 nitrogen and oxygen atoms in total. The Morgan fingerprint density at radius 2 is 2.00 bits per heavy atom. The molecule has 0 saturated carbocycles. The molecule has 1 aliphatic rings. The summed E-state index contributed by atoms with van der Waals surface area (Å²) in [7, 11) is 0. The van der Waals surface area contributed by atoms with Crippen molar-refractivity contribution in [2.75, 3.05) is 26.2 Å². The predicted molar refractivity (Wildman–Crippen MR) is 103 cm³/mol. The van der Waals surface area contributed by atoms with Crippen LogP contribution in [0.25, 0.3) is 0 Å². The molecule has 0 bridgehead atoms. The van der Waals surface area contributed by atoms with Crippen LogP contribution < -0.4 is 5.32 Å². The minimum absolute atomic E-state index is 0.104. The second kappa shape index (κ2) is 8.73. The SMILES string of the molecule is CCNCC1CCN(C(=O)c2sc(Cc3ccc(F)cc3)nc2C)CC1. The van der Waals surface area contributed by atoms with Crippen molar-refractivity contribution in [3.63, 3.8) is 0 Å². The second-order valence-corrected chi connectivity index (χ2v) is 7.95. The van der Waals surface area contributed by atoms with Gasteiger partial charge >= 0.3 is 0 Å². The van der Waals surface area contributed by atoms with Crippen LogP contribution in [0.1, 0.15) is 45.7 Å². The first kappa shape index (κ1) is 19.0. The lowest BCUT2D eigenvalue weighted by Gasteiger charge is -2.31. The number of rotatable bonds is 6. The van der Waals surface area contributed by atoms with Gasteiger partial charge in [0.2, 0.25) is 0 Å². The number of likely N-dealkylation sites (tertiary alicyclic amines) is 1. The number of carbonyl (C=O) groups is 1. The molecule has 6 heteroatoms. The fourth-order valence-electron chi connectivity index (χ4n) is 3.34. The van der Waals surface area contributed by atoms with E-state index in [1.807, 2.05) is 11.8 Å². The molecule has 1 aromatic heterocycles. The maximum atomic E-state index is 13.0. The minimum Gasteiger partial charge on any atom is -0.338 e. The van der Waals surface area contributed by atoms with Crippen LogP contribution in [0.15, 0.2) is 24.3 Å². The number of hydrogen-bond donors (Lipinski definition) is 1. The van der Waals surface area contributed by atoms with Crippen molar-refractivity contribution < 1.29 is 9.18 Å². The molecular weight excluding hydrogens is 349 g/mol. The van der Waals surface area contributed by atoms with Gasteiger partial charge in [-0.2, -0.15) is 0 Å². The van der Waals surface area contributed by atoms with Gasteiger partial charge in [-0.05, 0) is 56.5 Å². The van der Waals surface area contributed by atoms with Gasteiger partial charge < -0.3 is 10.2 Å². The molecule has 1 N–H and O–H groups in total. The van der Waals surface area contributed by atoms with Gasteiger partial charge in [-0.15, -0.1) is 11.3 Å². The number of benzene rings is 1. The Kier molecular flexibility index (Phi) is 6.38. The van der Waals surface area contributed by atoms with Crippen molar-refractivity contribution in [3.8, 4) is 0 Å². The molecule has 26 heavy (non-hydrogen) atoms. The number of piperidine rings is 1. The van der Waals surface area contributed by atoms with Crippen molar-refractivity contribution in [2.45, 2.75) is 33.1 Å². The summed E-state index contributed by atoms with van der Waals surface area (Å²) < 4.78 is 13.0. The van der Waals surface area contributed by atoms with Gasteiger partial charge in [0.15, 0.2) is 0 Å². The average Bonchev–Trinajstić information content (AvgIpc) is 3.02. The van der Waals surface area contributed by atoms with E-state index in [2.05, 4.69) is 17.2 Å². The lowest BCUT2D eigenvalue weighted by Crippen LogP contribution is -2.40. The Bertz CT molecular complexity index is 736. The Morgan fingerprint density at radius 1 is 1.31 bits per heavy atom. The Hall–Kier alpha value is -1.79. The molecule has 2 aromatic rings. The van der Waals surface area contributed by atoms with Gasteiger partial charge in [-0.3, -0.25) is 4.79 Å². The van der Waals surface area contributed by atoms with Crippen LogP contribution in [-0.4, -0.2) is 42.0 Å². The lowest BCUT2D eigenvalue weighted by molar-refractivity contribution is 0.0694. The number of thiazole rings is 1. The topological polar surface area (TPSA) is 45.2 Å². The number of hydrogen-bond acceptors (Lipinski definition) is 4. The molecule has 0 aliphatic carbocycles. The van der Waals surface area contributed by atoms with Crippen LogP contribution in [0.2, 0.25) is 0 Å². The predicted octanol–water partition coefficient (Wildman–Crippen LogP) is 3.64. The van der Waals surface area contributed by atoms with E-state index in [4.69, 9.17) is 0 Å². The minimum atomic E-state index is -0.238. The van der Waals surface area contributed by atoms with E-state index in [0.717, 1.165) is 60.2 Å². The quantitative estimate of drug-likeness (QED) is 0.838. The molecule has 3 rings (SSSR count). The third-order valence-electron chi connectivity index (χ3n) is 4.89. The summed E-state index contributed by atoms with van der Waals surface area (Å²) in [5, 5.41) is 4.30. The van der Waals surface area contributed by atoms with Gasteiger partial charge in [0.25, 0.3) is 5.91 Å². The average molecular weight is 376 g/mol. The summed E-state index contributed by atoms with van der Waals surface area (Å²) in [5.74, 6) is 0.528. The molecular formula is C20H26FN3OS. The van der Waals surface area contributed by atoms with E-state index in [1.165, 1.54) is 23.5 Å². The molecule has 1 aromatic carbocycles. The zero-order valence-electron chi connectivity index (χ0n) is 15.4. The maximum Gasteiger partial charge on any atom is 0.265 e. The van der Waals surface area contributed by atoms with Gasteiger partial charge in [0.05, 0.1) is 10.7 Å². The Morgan fingerprint density at radius 3 is 2.65 bits per heavy atom. The highest BCUT2D eigenvalue weighted by atomic mass is 32.1. The molecule has 1 aliphatic heterocycles. The fraction of sp³-hybridized carbons (Fsp3) is 0.500. The van der Waals surface area contributed by atoms with Crippen molar-refractivity contribution in [1.82, 2.24) is 15.2 Å². The molecule has 1 amide bonds. The summed E-state index contributed by atoms with van der Waals surface area (Å²) >= 11 is 1.47. The first-order chi connectivity index (χ1) is 12.6. The summed E-state index contributed by atoms with van der Waals surface area (Å²) in [4.78, 5) is 20.2. The maximum absolute atomic E-state index is 13.0. The van der Waals surface area contributed by atoms with E-state index in [9.17, 15) is 9.18 Å². The van der Waals surface area contributed by atoms with E-state index in [1.54, 1.807) is 12.1 Å². The standard InChI is InChI=1S/C20H26FN3OS/c1-3-22-13-16-8-10-24(11-9-16)20(25)19-14(2)23-18(26-19)12-15-4-6-17(21)7-5-15/h4-7,16,22H,3,8-13H2,1-2H3. The normalized spacial score (nSPS) is 15.4. The third kappa shape index (κ3) is 4.68. The van der Waals surface area contributed by atoms with Gasteiger partial charge in [0, 0.05) is 19.5 Å². The van der Waals surface area contributed by atoms with Crippen LogP contribution in [0.4, 0.5) is 4.39 Å². The highest BCUT2D eigenvalue weighted by Gasteiger charge is 2.26. The first-order valence-electron chi connectivity index (χ1n) is 9.27. The van der Waals surface area contributed by atoms with Crippen LogP contribution in [0.3, 0.4) is 0 Å². The largest absolute Gasteiger partial charge is 0.338 e. The zero-order valence-corrected chi connectivity index (χ0v) is 16.2. The number of aromatic nitrogens is 1. The van der Waals surface area contributed by atoms with Gasteiger partial charge in [-0.25, -0.2) is 9.37 Å². The van der Waals surface area contributed by atoms with Crippen LogP contribution in [0, 0.1) is 18.7 Å². The monoisotopic (exact) mass is 375 g/mol. The summed E-state index contributed by atoms with van der Waals surface area (Å²) in [5.41, 5.74) is 1.80. The molecule has 0 spiro atoms. The van der Waals surface area contributed by atoms with E-state index >= 15 is 0 Å². The fourth-order valence-corrected chi connectivity index (χ4v) is 4.40. The Labute approximate surface area is 158 Å². The molecule has 0 unspecified atom stereocenters. The first-order valence-corrected chi connectivity index (χ1v) is 10.1. The number of nitrogens with zero attached hydrogens (tertiary/aromatic N) is 2. The second-order valence-electron chi connectivity index (χ2n) is 6.87. The smallest absolute Gasteiger partial charge is 0.265 e. The van der Waals surface area contributed by atoms with Gasteiger partial charge in [-0.1, -0.05) is 19.1 Å².